The van der Waals surface area contributed by atoms with Crippen LogP contribution in [0.4, 0.5) is 0 Å². The van der Waals surface area contributed by atoms with Crippen molar-refractivity contribution in [1.29, 1.82) is 0 Å². The largest absolute Gasteiger partial charge is 0.462 e. The maximum Gasteiger partial charge on any atom is 0.338 e. The van der Waals surface area contributed by atoms with E-state index in [1.165, 1.54) is 0 Å². The first kappa shape index (κ1) is 30.3. The smallest absolute Gasteiger partial charge is 0.338 e. The van der Waals surface area contributed by atoms with Gasteiger partial charge in [0.25, 0.3) is 0 Å². The molecule has 1 unspecified atom stereocenters. The molecule has 1 aliphatic carbocycles. The average molecular weight is 638 g/mol. The summed E-state index contributed by atoms with van der Waals surface area (Å²) in [6, 6.07) is 7.05. The van der Waals surface area contributed by atoms with Gasteiger partial charge in [-0.1, -0.05) is 60.6 Å². The Morgan fingerprint density at radius 3 is 2.32 bits per heavy atom. The van der Waals surface area contributed by atoms with Crippen LogP contribution in [-0.4, -0.2) is 31.0 Å². The summed E-state index contributed by atoms with van der Waals surface area (Å²) in [4.78, 5) is 17.3. The van der Waals surface area contributed by atoms with Crippen LogP contribution < -0.4 is 0 Å². The summed E-state index contributed by atoms with van der Waals surface area (Å²) >= 11 is 2.41. The molecule has 1 heterocycles. The minimum atomic E-state index is -2.05. The minimum Gasteiger partial charge on any atom is -0.462 e. The molecule has 0 saturated carbocycles. The molecule has 0 saturated heterocycles. The van der Waals surface area contributed by atoms with Gasteiger partial charge in [0.15, 0.2) is 8.32 Å². The second-order valence-electron chi connectivity index (χ2n) is 12.9. The van der Waals surface area contributed by atoms with Gasteiger partial charge in [-0.2, -0.15) is 0 Å². The standard InChI is InChI=1S/C30H44INO4Si/c1-11-35-28(34)20-14-12-19(13-15-20)27(33)24-25(31)23-21(32-26(24)18(2)3)16-30(7,8)17-22(23)36-37(9,10)29(4,5)6/h12-15,18,22,27,33H,11,16-17H2,1-10H3/t22?,27-/m0/s1. The number of hydrogen-bond donors (Lipinski definition) is 1. The lowest BCUT2D eigenvalue weighted by atomic mass is 9.74. The molecule has 7 heteroatoms. The second kappa shape index (κ2) is 11.1. The number of aliphatic hydroxyl groups excluding tert-OH is 1. The van der Waals surface area contributed by atoms with Crippen molar-refractivity contribution in [2.75, 3.05) is 6.61 Å². The number of rotatable bonds is 7. The normalized spacial score (nSPS) is 18.5. The van der Waals surface area contributed by atoms with Gasteiger partial charge in [0, 0.05) is 20.4 Å². The van der Waals surface area contributed by atoms with E-state index in [0.717, 1.165) is 44.5 Å². The van der Waals surface area contributed by atoms with E-state index in [9.17, 15) is 9.90 Å². The maximum absolute atomic E-state index is 12.1. The number of esters is 1. The summed E-state index contributed by atoms with van der Waals surface area (Å²) in [6.45, 7) is 22.4. The summed E-state index contributed by atoms with van der Waals surface area (Å²) in [5.41, 5.74) is 5.30. The van der Waals surface area contributed by atoms with Crippen molar-refractivity contribution in [3.8, 4) is 0 Å². The van der Waals surface area contributed by atoms with Crippen LogP contribution in [0.2, 0.25) is 18.1 Å². The Kier molecular flexibility index (Phi) is 9.04. The van der Waals surface area contributed by atoms with Gasteiger partial charge in [-0.05, 0) is 89.5 Å². The van der Waals surface area contributed by atoms with Gasteiger partial charge in [-0.25, -0.2) is 4.79 Å². The van der Waals surface area contributed by atoms with Crippen LogP contribution in [0.1, 0.15) is 118 Å². The van der Waals surface area contributed by atoms with Crippen LogP contribution in [0, 0.1) is 8.99 Å². The van der Waals surface area contributed by atoms with Gasteiger partial charge in [-0.3, -0.25) is 4.98 Å². The lowest BCUT2D eigenvalue weighted by molar-refractivity contribution is 0.0526. The third kappa shape index (κ3) is 6.48. The van der Waals surface area contributed by atoms with Crippen LogP contribution >= 0.6 is 22.6 Å². The fourth-order valence-corrected chi connectivity index (χ4v) is 7.25. The number of nitrogens with zero attached hydrogens (tertiary/aromatic N) is 1. The van der Waals surface area contributed by atoms with Gasteiger partial charge in [0.1, 0.15) is 6.10 Å². The van der Waals surface area contributed by atoms with E-state index in [1.54, 1.807) is 19.1 Å². The first-order valence-corrected chi connectivity index (χ1v) is 17.3. The molecule has 0 fully saturated rings. The van der Waals surface area contributed by atoms with E-state index in [4.69, 9.17) is 14.1 Å². The molecule has 37 heavy (non-hydrogen) atoms. The van der Waals surface area contributed by atoms with E-state index in [2.05, 4.69) is 84.2 Å². The Morgan fingerprint density at radius 1 is 1.22 bits per heavy atom. The fraction of sp³-hybridized carbons (Fsp3) is 0.600. The zero-order valence-electron chi connectivity index (χ0n) is 24.2. The van der Waals surface area contributed by atoms with Crippen LogP contribution in [0.5, 0.6) is 0 Å². The second-order valence-corrected chi connectivity index (χ2v) is 18.7. The number of aliphatic hydroxyl groups is 1. The Bertz CT molecular complexity index is 1140. The molecule has 1 aromatic heterocycles. The van der Waals surface area contributed by atoms with Crippen LogP contribution in [0.25, 0.3) is 0 Å². The number of ether oxygens (including phenoxy) is 1. The summed E-state index contributed by atoms with van der Waals surface area (Å²) in [7, 11) is -2.05. The number of carbonyl (C=O) groups excluding carboxylic acids is 1. The highest BCUT2D eigenvalue weighted by Crippen LogP contribution is 2.50. The van der Waals surface area contributed by atoms with Gasteiger partial charge in [-0.15, -0.1) is 0 Å². The van der Waals surface area contributed by atoms with Gasteiger partial charge >= 0.3 is 5.97 Å². The SMILES string of the molecule is CCOC(=O)c1ccc([C@H](O)c2c(C(C)C)nc3c(c2I)C(O[Si](C)(C)C(C)(C)C)CC(C)(C)C3)cc1. The highest BCUT2D eigenvalue weighted by atomic mass is 127. The van der Waals surface area contributed by atoms with Crippen LogP contribution in [-0.2, 0) is 15.6 Å². The third-order valence-electron chi connectivity index (χ3n) is 7.82. The number of benzene rings is 1. The molecule has 1 N–H and O–H groups in total. The molecule has 2 atom stereocenters. The van der Waals surface area contributed by atoms with Crippen molar-refractivity contribution < 1.29 is 19.1 Å². The van der Waals surface area contributed by atoms with Crippen molar-refractivity contribution in [3.63, 3.8) is 0 Å². The number of pyridine rings is 1. The lowest BCUT2D eigenvalue weighted by Crippen LogP contribution is -2.44. The van der Waals surface area contributed by atoms with E-state index >= 15 is 0 Å². The van der Waals surface area contributed by atoms with E-state index in [-0.39, 0.29) is 28.4 Å². The summed E-state index contributed by atoms with van der Waals surface area (Å²) < 4.78 is 13.2. The molecule has 5 nitrogen and oxygen atoms in total. The van der Waals surface area contributed by atoms with Crippen molar-refractivity contribution in [2.24, 2.45) is 5.41 Å². The maximum atomic E-state index is 12.1. The zero-order valence-corrected chi connectivity index (χ0v) is 27.3. The Labute approximate surface area is 238 Å². The molecule has 0 spiro atoms. The topological polar surface area (TPSA) is 68.7 Å². The molecule has 0 amide bonds. The van der Waals surface area contributed by atoms with E-state index < -0.39 is 14.4 Å². The fourth-order valence-electron chi connectivity index (χ4n) is 4.76. The highest BCUT2D eigenvalue weighted by Gasteiger charge is 2.44. The Balaban J connectivity index is 2.14. The summed E-state index contributed by atoms with van der Waals surface area (Å²) in [5, 5.41) is 11.8. The summed E-state index contributed by atoms with van der Waals surface area (Å²) in [6.07, 6.45) is 0.897. The van der Waals surface area contributed by atoms with Gasteiger partial charge in [0.05, 0.1) is 24.0 Å². The number of hydrogen-bond acceptors (Lipinski definition) is 5. The molecule has 2 aromatic rings. The van der Waals surface area contributed by atoms with Crippen LogP contribution in [0.3, 0.4) is 0 Å². The lowest BCUT2D eigenvalue weighted by Gasteiger charge is -2.44. The number of aromatic nitrogens is 1. The molecular weight excluding hydrogens is 593 g/mol. The van der Waals surface area contributed by atoms with Crippen LogP contribution in [0.15, 0.2) is 24.3 Å². The molecular formula is C30H44INO4Si. The van der Waals surface area contributed by atoms with Gasteiger partial charge < -0.3 is 14.3 Å². The molecule has 1 aliphatic rings. The minimum absolute atomic E-state index is 0.0580. The van der Waals surface area contributed by atoms with E-state index in [1.807, 2.05) is 12.1 Å². The van der Waals surface area contributed by atoms with E-state index in [0.29, 0.717) is 12.2 Å². The molecule has 0 radical (unpaired) electrons. The van der Waals surface area contributed by atoms with Gasteiger partial charge in [0.2, 0.25) is 0 Å². The first-order chi connectivity index (χ1) is 17.0. The predicted molar refractivity (Wildman–Crippen MR) is 161 cm³/mol. The van der Waals surface area contributed by atoms with Crippen molar-refractivity contribution in [1.82, 2.24) is 4.98 Å². The number of fused-ring (bicyclic) bond motifs is 1. The molecule has 0 aliphatic heterocycles. The monoisotopic (exact) mass is 637 g/mol. The van der Waals surface area contributed by atoms with Crippen molar-refractivity contribution >= 4 is 36.9 Å². The molecule has 0 bridgehead atoms. The van der Waals surface area contributed by atoms with Crippen molar-refractivity contribution in [2.45, 2.75) is 104 Å². The zero-order chi connectivity index (χ0) is 27.9. The number of halogens is 1. The third-order valence-corrected chi connectivity index (χ3v) is 13.5. The molecule has 204 valence electrons. The molecule has 3 rings (SSSR count). The number of carbonyl (C=O) groups is 1. The quantitative estimate of drug-likeness (QED) is 0.189. The highest BCUT2D eigenvalue weighted by molar-refractivity contribution is 14.1. The Hall–Kier alpha value is -1.29. The average Bonchev–Trinajstić information content (AvgIpc) is 2.76. The predicted octanol–water partition coefficient (Wildman–Crippen LogP) is 8.10. The van der Waals surface area contributed by atoms with Crippen molar-refractivity contribution in [3.05, 3.63) is 61.5 Å². The summed E-state index contributed by atoms with van der Waals surface area (Å²) in [5.74, 6) is -0.211. The Morgan fingerprint density at radius 2 is 1.81 bits per heavy atom. The molecule has 1 aromatic carbocycles. The first-order valence-electron chi connectivity index (χ1n) is 13.3.